The van der Waals surface area contributed by atoms with E-state index in [1.165, 1.54) is 5.69 Å². The van der Waals surface area contributed by atoms with Gasteiger partial charge in [0, 0.05) is 24.3 Å². The summed E-state index contributed by atoms with van der Waals surface area (Å²) < 4.78 is 5.33. The number of nitrogens with zero attached hydrogens (tertiary/aromatic N) is 2. The van der Waals surface area contributed by atoms with Gasteiger partial charge in [-0.25, -0.2) is 9.79 Å². The fourth-order valence-corrected chi connectivity index (χ4v) is 3.08. The Morgan fingerprint density at radius 2 is 1.59 bits per heavy atom. The van der Waals surface area contributed by atoms with Gasteiger partial charge in [0.25, 0.3) is 0 Å². The van der Waals surface area contributed by atoms with Gasteiger partial charge in [-0.2, -0.15) is 0 Å². The first-order chi connectivity index (χ1) is 13.1. The van der Waals surface area contributed by atoms with E-state index < -0.39 is 5.97 Å². The average molecular weight is 362 g/mol. The number of aliphatic imine (C=N–C) groups is 1. The first-order valence-electron chi connectivity index (χ1n) is 9.55. The fourth-order valence-electron chi connectivity index (χ4n) is 3.08. The van der Waals surface area contributed by atoms with Gasteiger partial charge >= 0.3 is 5.97 Å². The smallest absolute Gasteiger partial charge is 0.363 e. The van der Waals surface area contributed by atoms with Crippen LogP contribution in [-0.4, -0.2) is 25.0 Å². The average Bonchev–Trinajstić information content (AvgIpc) is 3.03. The maximum absolute atomic E-state index is 12.2. The third-order valence-electron chi connectivity index (χ3n) is 4.47. The largest absolute Gasteiger partial charge is 0.402 e. The van der Waals surface area contributed by atoms with Crippen LogP contribution in [0.25, 0.3) is 6.08 Å². The molecular weight excluding hydrogens is 336 g/mol. The molecule has 0 radical (unpaired) electrons. The van der Waals surface area contributed by atoms with Gasteiger partial charge in [0.05, 0.1) is 0 Å². The molecule has 0 N–H and O–H groups in total. The van der Waals surface area contributed by atoms with Gasteiger partial charge in [-0.3, -0.25) is 0 Å². The quantitative estimate of drug-likeness (QED) is 0.516. The summed E-state index contributed by atoms with van der Waals surface area (Å²) in [6.45, 7) is 8.49. The highest BCUT2D eigenvalue weighted by Gasteiger charge is 2.24. The molecule has 0 spiro atoms. The van der Waals surface area contributed by atoms with Gasteiger partial charge < -0.3 is 9.64 Å². The van der Waals surface area contributed by atoms with E-state index in [0.29, 0.717) is 11.6 Å². The van der Waals surface area contributed by atoms with Crippen molar-refractivity contribution in [1.29, 1.82) is 0 Å². The van der Waals surface area contributed by atoms with Gasteiger partial charge in [0.2, 0.25) is 5.90 Å². The number of benzene rings is 2. The van der Waals surface area contributed by atoms with E-state index in [4.69, 9.17) is 4.74 Å². The Morgan fingerprint density at radius 3 is 2.19 bits per heavy atom. The SMILES string of the molecule is CCCN(CCC)c1ccc(/C=C2/N=C(c3ccc(C)cc3)OC2=O)cc1. The molecule has 4 heteroatoms. The summed E-state index contributed by atoms with van der Waals surface area (Å²) in [6, 6.07) is 16.0. The fraction of sp³-hybridized carbons (Fsp3) is 0.304. The van der Waals surface area contributed by atoms with Crippen molar-refractivity contribution in [2.24, 2.45) is 4.99 Å². The Balaban J connectivity index is 1.79. The molecular formula is C23H26N2O2. The zero-order chi connectivity index (χ0) is 19.2. The van der Waals surface area contributed by atoms with E-state index in [2.05, 4.69) is 35.9 Å². The van der Waals surface area contributed by atoms with Crippen molar-refractivity contribution < 1.29 is 9.53 Å². The number of hydrogen-bond acceptors (Lipinski definition) is 4. The first-order valence-corrected chi connectivity index (χ1v) is 9.55. The highest BCUT2D eigenvalue weighted by atomic mass is 16.6. The van der Waals surface area contributed by atoms with Crippen LogP contribution in [0.3, 0.4) is 0 Å². The van der Waals surface area contributed by atoms with Crippen LogP contribution in [0.4, 0.5) is 5.69 Å². The number of hydrogen-bond donors (Lipinski definition) is 0. The number of rotatable bonds is 7. The van der Waals surface area contributed by atoms with Crippen LogP contribution in [0, 0.1) is 6.92 Å². The lowest BCUT2D eigenvalue weighted by atomic mass is 10.1. The van der Waals surface area contributed by atoms with Gasteiger partial charge in [0.1, 0.15) is 0 Å². The van der Waals surface area contributed by atoms with Crippen LogP contribution in [0.5, 0.6) is 0 Å². The molecule has 4 nitrogen and oxygen atoms in total. The zero-order valence-corrected chi connectivity index (χ0v) is 16.2. The molecule has 3 rings (SSSR count). The summed E-state index contributed by atoms with van der Waals surface area (Å²) >= 11 is 0. The predicted octanol–water partition coefficient (Wildman–Crippen LogP) is 4.97. The zero-order valence-electron chi connectivity index (χ0n) is 16.2. The van der Waals surface area contributed by atoms with E-state index in [1.807, 2.05) is 43.3 Å². The van der Waals surface area contributed by atoms with Crippen LogP contribution < -0.4 is 4.90 Å². The lowest BCUT2D eigenvalue weighted by Gasteiger charge is -2.23. The second-order valence-corrected chi connectivity index (χ2v) is 6.78. The normalized spacial score (nSPS) is 15.0. The Labute approximate surface area is 161 Å². The molecule has 0 saturated carbocycles. The van der Waals surface area contributed by atoms with Gasteiger partial charge in [-0.15, -0.1) is 0 Å². The second-order valence-electron chi connectivity index (χ2n) is 6.78. The van der Waals surface area contributed by atoms with Crippen molar-refractivity contribution >= 4 is 23.6 Å². The third kappa shape index (κ3) is 4.64. The molecule has 0 unspecified atom stereocenters. The molecule has 1 heterocycles. The molecule has 27 heavy (non-hydrogen) atoms. The minimum Gasteiger partial charge on any atom is -0.402 e. The van der Waals surface area contributed by atoms with Crippen molar-refractivity contribution in [3.63, 3.8) is 0 Å². The van der Waals surface area contributed by atoms with Crippen LogP contribution >= 0.6 is 0 Å². The molecule has 0 aromatic heterocycles. The molecule has 140 valence electrons. The Morgan fingerprint density at radius 1 is 0.963 bits per heavy atom. The molecule has 0 aliphatic carbocycles. The van der Waals surface area contributed by atoms with Crippen LogP contribution in [0.15, 0.2) is 59.2 Å². The molecule has 0 atom stereocenters. The summed E-state index contributed by atoms with van der Waals surface area (Å²) in [5.74, 6) is -0.0480. The predicted molar refractivity (Wildman–Crippen MR) is 111 cm³/mol. The highest BCUT2D eigenvalue weighted by molar-refractivity contribution is 6.12. The second kappa shape index (κ2) is 8.67. The van der Waals surface area contributed by atoms with Gasteiger partial charge in [0.15, 0.2) is 5.70 Å². The van der Waals surface area contributed by atoms with E-state index in [1.54, 1.807) is 6.08 Å². The monoisotopic (exact) mass is 362 g/mol. The molecule has 1 aliphatic rings. The molecule has 2 aromatic carbocycles. The van der Waals surface area contributed by atoms with Crippen molar-refractivity contribution in [3.05, 3.63) is 70.9 Å². The molecule has 0 bridgehead atoms. The van der Waals surface area contributed by atoms with Crippen molar-refractivity contribution in [3.8, 4) is 0 Å². The molecule has 2 aromatic rings. The summed E-state index contributed by atoms with van der Waals surface area (Å²) in [6.07, 6.45) is 4.01. The number of aryl methyl sites for hydroxylation is 1. The molecule has 0 fully saturated rings. The van der Waals surface area contributed by atoms with Gasteiger partial charge in [-0.05, 0) is 55.7 Å². The standard InChI is InChI=1S/C23H26N2O2/c1-4-14-25(15-5-2)20-12-8-18(9-13-20)16-21-23(26)27-22(24-21)19-10-6-17(3)7-11-19/h6-13,16H,4-5,14-15H2,1-3H3/b21-16+. The van der Waals surface area contributed by atoms with E-state index in [9.17, 15) is 4.79 Å². The number of carbonyl (C=O) groups is 1. The Hall–Kier alpha value is -2.88. The highest BCUT2D eigenvalue weighted by Crippen LogP contribution is 2.22. The van der Waals surface area contributed by atoms with Crippen molar-refractivity contribution in [2.45, 2.75) is 33.6 Å². The number of carbonyl (C=O) groups excluding carboxylic acids is 1. The Kier molecular flexibility index (Phi) is 6.07. The summed E-state index contributed by atoms with van der Waals surface area (Å²) in [5.41, 5.74) is 4.44. The summed E-state index contributed by atoms with van der Waals surface area (Å²) in [5, 5.41) is 0. The number of anilines is 1. The maximum atomic E-state index is 12.2. The molecule has 0 saturated heterocycles. The summed E-state index contributed by atoms with van der Waals surface area (Å²) in [4.78, 5) is 18.9. The lowest BCUT2D eigenvalue weighted by Crippen LogP contribution is -2.24. The Bertz CT molecular complexity index is 843. The van der Waals surface area contributed by atoms with Crippen LogP contribution in [0.1, 0.15) is 43.4 Å². The number of cyclic esters (lactones) is 1. The maximum Gasteiger partial charge on any atom is 0.363 e. The van der Waals surface area contributed by atoms with Crippen LogP contribution in [0.2, 0.25) is 0 Å². The summed E-state index contributed by atoms with van der Waals surface area (Å²) in [7, 11) is 0. The minimum atomic E-state index is -0.409. The van der Waals surface area contributed by atoms with Crippen LogP contribution in [-0.2, 0) is 9.53 Å². The minimum absolute atomic E-state index is 0.331. The van der Waals surface area contributed by atoms with E-state index in [-0.39, 0.29) is 0 Å². The topological polar surface area (TPSA) is 41.9 Å². The third-order valence-corrected chi connectivity index (χ3v) is 4.47. The number of esters is 1. The van der Waals surface area contributed by atoms with E-state index >= 15 is 0 Å². The van der Waals surface area contributed by atoms with Crippen molar-refractivity contribution in [2.75, 3.05) is 18.0 Å². The number of ether oxygens (including phenoxy) is 1. The van der Waals surface area contributed by atoms with Gasteiger partial charge in [-0.1, -0.05) is 43.7 Å². The van der Waals surface area contributed by atoms with Crippen molar-refractivity contribution in [1.82, 2.24) is 0 Å². The lowest BCUT2D eigenvalue weighted by molar-refractivity contribution is -0.129. The molecule has 1 aliphatic heterocycles. The van der Waals surface area contributed by atoms with E-state index in [0.717, 1.165) is 42.6 Å². The molecule has 0 amide bonds. The first kappa shape index (κ1) is 18.9.